The van der Waals surface area contributed by atoms with Crippen molar-refractivity contribution in [1.29, 1.82) is 0 Å². The van der Waals surface area contributed by atoms with Crippen LogP contribution in [0.5, 0.6) is 0 Å². The van der Waals surface area contributed by atoms with Crippen molar-refractivity contribution in [3.05, 3.63) is 61.0 Å². The summed E-state index contributed by atoms with van der Waals surface area (Å²) in [6.45, 7) is 2.01. The largest absolute Gasteiger partial charge is 0.297 e. The van der Waals surface area contributed by atoms with Crippen LogP contribution in [-0.4, -0.2) is 43.8 Å². The summed E-state index contributed by atoms with van der Waals surface area (Å²) in [5.74, 6) is 0. The van der Waals surface area contributed by atoms with E-state index in [-0.39, 0.29) is 10.9 Å². The maximum Gasteiger partial charge on any atom is 0.244 e. The molecule has 1 aliphatic rings. The summed E-state index contributed by atoms with van der Waals surface area (Å²) in [4.78, 5) is 2.44. The normalized spacial score (nSPS) is 18.4. The lowest BCUT2D eigenvalue weighted by Gasteiger charge is -2.25. The molecular weight excluding hydrogens is 539 g/mol. The van der Waals surface area contributed by atoms with E-state index in [0.29, 0.717) is 27.6 Å². The van der Waals surface area contributed by atoms with Crippen LogP contribution in [0.4, 0.5) is 0 Å². The van der Waals surface area contributed by atoms with Crippen LogP contribution >= 0.6 is 55.1 Å². The Morgan fingerprint density at radius 2 is 1.85 bits per heavy atom. The van der Waals surface area contributed by atoms with Crippen LogP contribution in [0.15, 0.2) is 50.2 Å². The zero-order valence-corrected chi connectivity index (χ0v) is 20.0. The minimum atomic E-state index is -3.61. The second kappa shape index (κ2) is 8.69. The quantitative estimate of drug-likeness (QED) is 0.494. The van der Waals surface area contributed by atoms with E-state index in [1.807, 2.05) is 18.2 Å². The van der Waals surface area contributed by atoms with Gasteiger partial charge in [-0.25, -0.2) is 8.42 Å². The van der Waals surface area contributed by atoms with E-state index in [2.05, 4.69) is 36.8 Å². The number of likely N-dealkylation sites (N-methyl/N-ethyl adjacent to an activating group) is 1. The number of sulfonamides is 1. The third-order valence-electron chi connectivity index (χ3n) is 4.76. The fourth-order valence-electron chi connectivity index (χ4n) is 3.19. The van der Waals surface area contributed by atoms with Crippen LogP contribution in [0, 0.1) is 0 Å². The molecule has 0 aromatic heterocycles. The highest BCUT2D eigenvalue weighted by atomic mass is 79.9. The fraction of sp³-hybridized carbons (Fsp3) is 0.333. The van der Waals surface area contributed by atoms with Gasteiger partial charge in [0, 0.05) is 57.3 Å². The molecule has 0 aliphatic carbocycles. The zero-order chi connectivity index (χ0) is 19.8. The lowest BCUT2D eigenvalue weighted by Crippen LogP contribution is -2.39. The molecule has 0 saturated carbocycles. The standard InChI is InChI=1S/C18H18Br2Cl2N2O2S/c1-23(27(25,26)18-9-12(19)5-6-15(18)20)13-7-8-24(10-13)11-14-16(21)3-2-4-17(14)22/h2-6,9,13H,7-8,10-11H2,1H3. The Kier molecular flexibility index (Phi) is 6.94. The molecule has 1 aliphatic heterocycles. The second-order valence-corrected chi connectivity index (χ2v) is 11.0. The van der Waals surface area contributed by atoms with Crippen molar-refractivity contribution >= 4 is 65.1 Å². The van der Waals surface area contributed by atoms with Gasteiger partial charge in [0.2, 0.25) is 10.0 Å². The van der Waals surface area contributed by atoms with Crippen molar-refractivity contribution in [2.45, 2.75) is 23.9 Å². The molecule has 2 aromatic carbocycles. The average molecular weight is 557 g/mol. The zero-order valence-electron chi connectivity index (χ0n) is 14.5. The van der Waals surface area contributed by atoms with Gasteiger partial charge in [-0.3, -0.25) is 4.90 Å². The van der Waals surface area contributed by atoms with Crippen molar-refractivity contribution in [2.75, 3.05) is 20.1 Å². The molecule has 0 radical (unpaired) electrons. The molecule has 1 atom stereocenters. The molecular formula is C18H18Br2Cl2N2O2S. The van der Waals surface area contributed by atoms with Crippen LogP contribution in [0.1, 0.15) is 12.0 Å². The van der Waals surface area contributed by atoms with Gasteiger partial charge < -0.3 is 0 Å². The highest BCUT2D eigenvalue weighted by Gasteiger charge is 2.34. The first-order valence-electron chi connectivity index (χ1n) is 8.28. The van der Waals surface area contributed by atoms with Crippen molar-refractivity contribution in [3.8, 4) is 0 Å². The molecule has 1 unspecified atom stereocenters. The number of hydrogen-bond acceptors (Lipinski definition) is 3. The molecule has 1 heterocycles. The second-order valence-electron chi connectivity index (χ2n) is 6.47. The molecule has 0 amide bonds. The minimum absolute atomic E-state index is 0.109. The summed E-state index contributed by atoms with van der Waals surface area (Å²) in [6, 6.07) is 10.5. The third-order valence-corrected chi connectivity index (χ3v) is 8.86. The van der Waals surface area contributed by atoms with Crippen molar-refractivity contribution in [1.82, 2.24) is 9.21 Å². The minimum Gasteiger partial charge on any atom is -0.297 e. The van der Waals surface area contributed by atoms with Crippen LogP contribution < -0.4 is 0 Å². The Hall–Kier alpha value is -0.150. The molecule has 146 valence electrons. The smallest absolute Gasteiger partial charge is 0.244 e. The summed E-state index contributed by atoms with van der Waals surface area (Å²) < 4.78 is 28.9. The first-order valence-corrected chi connectivity index (χ1v) is 12.1. The van der Waals surface area contributed by atoms with Gasteiger partial charge in [0.05, 0.1) is 4.90 Å². The van der Waals surface area contributed by atoms with E-state index in [1.54, 1.807) is 25.2 Å². The predicted molar refractivity (Wildman–Crippen MR) is 117 cm³/mol. The topological polar surface area (TPSA) is 40.6 Å². The first kappa shape index (κ1) is 21.6. The number of hydrogen-bond donors (Lipinski definition) is 0. The van der Waals surface area contributed by atoms with Gasteiger partial charge >= 0.3 is 0 Å². The molecule has 0 bridgehead atoms. The number of likely N-dealkylation sites (tertiary alicyclic amines) is 1. The van der Waals surface area contributed by atoms with Gasteiger partial charge in [0.15, 0.2) is 0 Å². The van der Waals surface area contributed by atoms with Crippen molar-refractivity contribution < 1.29 is 8.42 Å². The molecule has 1 fully saturated rings. The molecule has 0 N–H and O–H groups in total. The average Bonchev–Trinajstić information content (AvgIpc) is 3.08. The van der Waals surface area contributed by atoms with Crippen LogP contribution in [0.3, 0.4) is 0 Å². The molecule has 0 spiro atoms. The summed E-state index contributed by atoms with van der Waals surface area (Å²) in [5, 5.41) is 1.26. The van der Waals surface area contributed by atoms with Gasteiger partial charge in [0.1, 0.15) is 0 Å². The Balaban J connectivity index is 1.75. The first-order chi connectivity index (χ1) is 12.7. The Morgan fingerprint density at radius 3 is 2.52 bits per heavy atom. The third kappa shape index (κ3) is 4.71. The molecule has 9 heteroatoms. The number of benzene rings is 2. The van der Waals surface area contributed by atoms with Crippen LogP contribution in [0.2, 0.25) is 10.0 Å². The number of nitrogens with zero attached hydrogens (tertiary/aromatic N) is 2. The maximum atomic E-state index is 13.1. The van der Waals surface area contributed by atoms with Crippen molar-refractivity contribution in [3.63, 3.8) is 0 Å². The number of rotatable bonds is 5. The van der Waals surface area contributed by atoms with Gasteiger partial charge in [-0.15, -0.1) is 0 Å². The van der Waals surface area contributed by atoms with Gasteiger partial charge in [-0.2, -0.15) is 4.31 Å². The van der Waals surface area contributed by atoms with E-state index < -0.39 is 10.0 Å². The fourth-order valence-corrected chi connectivity index (χ4v) is 6.54. The van der Waals surface area contributed by atoms with Crippen LogP contribution in [0.25, 0.3) is 0 Å². The van der Waals surface area contributed by atoms with Gasteiger partial charge in [-0.1, -0.05) is 45.2 Å². The molecule has 2 aromatic rings. The van der Waals surface area contributed by atoms with Gasteiger partial charge in [-0.05, 0) is 52.7 Å². The Bertz CT molecular complexity index is 936. The maximum absolute atomic E-state index is 13.1. The van der Waals surface area contributed by atoms with E-state index in [9.17, 15) is 8.42 Å². The monoisotopic (exact) mass is 554 g/mol. The number of halogens is 4. The van der Waals surface area contributed by atoms with Gasteiger partial charge in [0.25, 0.3) is 0 Å². The summed E-state index contributed by atoms with van der Waals surface area (Å²) in [6.07, 6.45) is 0.753. The van der Waals surface area contributed by atoms with E-state index in [0.717, 1.165) is 23.0 Å². The predicted octanol–water partition coefficient (Wildman–Crippen LogP) is 5.41. The summed E-state index contributed by atoms with van der Waals surface area (Å²) >= 11 is 19.2. The van der Waals surface area contributed by atoms with E-state index in [1.165, 1.54) is 4.31 Å². The summed E-state index contributed by atoms with van der Waals surface area (Å²) in [5.41, 5.74) is 0.877. The summed E-state index contributed by atoms with van der Waals surface area (Å²) in [7, 11) is -1.97. The van der Waals surface area contributed by atoms with E-state index >= 15 is 0 Å². The Morgan fingerprint density at radius 1 is 1.19 bits per heavy atom. The molecule has 4 nitrogen and oxygen atoms in total. The molecule has 1 saturated heterocycles. The lowest BCUT2D eigenvalue weighted by molar-refractivity contribution is 0.298. The van der Waals surface area contributed by atoms with Crippen LogP contribution in [-0.2, 0) is 16.6 Å². The molecule has 3 rings (SSSR count). The SMILES string of the molecule is CN(C1CCN(Cc2c(Cl)cccc2Cl)C1)S(=O)(=O)c1cc(Br)ccc1Br. The lowest BCUT2D eigenvalue weighted by atomic mass is 10.2. The van der Waals surface area contributed by atoms with E-state index in [4.69, 9.17) is 23.2 Å². The molecule has 27 heavy (non-hydrogen) atoms. The highest BCUT2D eigenvalue weighted by molar-refractivity contribution is 9.11. The van der Waals surface area contributed by atoms with Crippen molar-refractivity contribution in [2.24, 2.45) is 0 Å². The Labute approximate surface area is 186 Å². The highest BCUT2D eigenvalue weighted by Crippen LogP contribution is 2.31.